The van der Waals surface area contributed by atoms with E-state index in [1.54, 1.807) is 24.7 Å². The monoisotopic (exact) mass is 257 g/mol. The molecule has 0 amide bonds. The molecule has 0 aromatic carbocycles. The summed E-state index contributed by atoms with van der Waals surface area (Å²) in [5.41, 5.74) is 12.9. The average molecular weight is 257 g/mol. The lowest BCUT2D eigenvalue weighted by molar-refractivity contribution is 0.547. The summed E-state index contributed by atoms with van der Waals surface area (Å²) in [6, 6.07) is 3.80. The highest BCUT2D eigenvalue weighted by molar-refractivity contribution is 5.45. The van der Waals surface area contributed by atoms with Crippen molar-refractivity contribution < 1.29 is 0 Å². The van der Waals surface area contributed by atoms with Crippen LogP contribution in [0.5, 0.6) is 0 Å². The predicted octanol–water partition coefficient (Wildman–Crippen LogP) is 1.37. The Hall–Kier alpha value is -1.98. The first-order chi connectivity index (χ1) is 9.26. The van der Waals surface area contributed by atoms with Gasteiger partial charge in [-0.3, -0.25) is 21.2 Å². The van der Waals surface area contributed by atoms with E-state index in [0.717, 1.165) is 23.2 Å². The molecule has 19 heavy (non-hydrogen) atoms. The molecule has 2 heterocycles. The van der Waals surface area contributed by atoms with Crippen molar-refractivity contribution >= 4 is 5.69 Å². The van der Waals surface area contributed by atoms with E-state index in [0.29, 0.717) is 6.42 Å². The van der Waals surface area contributed by atoms with Gasteiger partial charge in [-0.1, -0.05) is 6.92 Å². The predicted molar refractivity (Wildman–Crippen MR) is 76.0 cm³/mol. The molecule has 0 bridgehead atoms. The van der Waals surface area contributed by atoms with Crippen molar-refractivity contribution in [2.45, 2.75) is 25.8 Å². The highest BCUT2D eigenvalue weighted by Gasteiger charge is 2.15. The molecule has 0 fully saturated rings. The van der Waals surface area contributed by atoms with E-state index in [1.807, 2.05) is 12.3 Å². The summed E-state index contributed by atoms with van der Waals surface area (Å²) >= 11 is 0. The Morgan fingerprint density at radius 2 is 1.84 bits per heavy atom. The van der Waals surface area contributed by atoms with Crippen LogP contribution in [0.25, 0.3) is 0 Å². The van der Waals surface area contributed by atoms with Gasteiger partial charge in [-0.25, -0.2) is 0 Å². The van der Waals surface area contributed by atoms with Crippen molar-refractivity contribution in [1.82, 2.24) is 15.4 Å². The number of hydrogen-bond donors (Lipinski definition) is 3. The fourth-order valence-corrected chi connectivity index (χ4v) is 2.16. The van der Waals surface area contributed by atoms with Crippen LogP contribution in [-0.2, 0) is 12.8 Å². The van der Waals surface area contributed by atoms with Crippen LogP contribution in [0.15, 0.2) is 36.9 Å². The summed E-state index contributed by atoms with van der Waals surface area (Å²) < 4.78 is 0. The zero-order valence-corrected chi connectivity index (χ0v) is 11.0. The van der Waals surface area contributed by atoms with Crippen molar-refractivity contribution in [3.05, 3.63) is 53.6 Å². The number of nitrogen functional groups attached to an aromatic ring is 1. The molecule has 1 atom stereocenters. The molecule has 1 unspecified atom stereocenters. The van der Waals surface area contributed by atoms with Gasteiger partial charge in [0, 0.05) is 30.5 Å². The summed E-state index contributed by atoms with van der Waals surface area (Å²) in [7, 11) is 0. The Morgan fingerprint density at radius 3 is 2.47 bits per heavy atom. The Bertz CT molecular complexity index is 541. The molecule has 5 heteroatoms. The van der Waals surface area contributed by atoms with Crippen LogP contribution in [0.1, 0.15) is 29.7 Å². The molecule has 100 valence electrons. The first kappa shape index (κ1) is 13.5. The van der Waals surface area contributed by atoms with Gasteiger partial charge in [0.25, 0.3) is 0 Å². The van der Waals surface area contributed by atoms with E-state index in [9.17, 15) is 0 Å². The molecular weight excluding hydrogens is 238 g/mol. The number of rotatable bonds is 5. The average Bonchev–Trinajstić information content (AvgIpc) is 2.46. The van der Waals surface area contributed by atoms with Crippen LogP contribution in [0, 0.1) is 0 Å². The maximum Gasteiger partial charge on any atom is 0.0505 e. The number of pyridine rings is 2. The highest BCUT2D eigenvalue weighted by Crippen LogP contribution is 2.23. The van der Waals surface area contributed by atoms with Gasteiger partial charge in [0.05, 0.1) is 6.04 Å². The van der Waals surface area contributed by atoms with Gasteiger partial charge in [-0.2, -0.15) is 0 Å². The zero-order valence-electron chi connectivity index (χ0n) is 11.0. The van der Waals surface area contributed by atoms with Crippen molar-refractivity contribution in [3.8, 4) is 0 Å². The quantitative estimate of drug-likeness (QED) is 0.556. The number of anilines is 1. The van der Waals surface area contributed by atoms with Gasteiger partial charge in [0.15, 0.2) is 0 Å². The number of aryl methyl sites for hydroxylation is 1. The summed E-state index contributed by atoms with van der Waals surface area (Å²) in [5, 5.41) is 0. The second kappa shape index (κ2) is 6.26. The maximum atomic E-state index is 5.95. The summed E-state index contributed by atoms with van der Waals surface area (Å²) in [4.78, 5) is 8.26. The van der Waals surface area contributed by atoms with Crippen LogP contribution < -0.4 is 17.0 Å². The Balaban J connectivity index is 2.28. The first-order valence-electron chi connectivity index (χ1n) is 6.33. The molecule has 2 rings (SSSR count). The van der Waals surface area contributed by atoms with Crippen molar-refractivity contribution in [2.75, 3.05) is 5.73 Å². The van der Waals surface area contributed by atoms with Crippen molar-refractivity contribution in [2.24, 2.45) is 5.84 Å². The number of aromatic nitrogens is 2. The Labute approximate surface area is 113 Å². The third kappa shape index (κ3) is 3.07. The third-order valence-corrected chi connectivity index (χ3v) is 3.26. The SMILES string of the molecule is CCc1cnccc1C(Cc1cnccc1N)NN. The standard InChI is InChI=1S/C14H19N5/c1-2-10-8-17-5-3-12(10)14(19-16)7-11-9-18-6-4-13(11)15/h3-6,8-9,14,19H,2,7,16H2,1H3,(H2,15,18). The molecular formula is C14H19N5. The lowest BCUT2D eigenvalue weighted by Gasteiger charge is -2.19. The van der Waals surface area contributed by atoms with E-state index in [-0.39, 0.29) is 6.04 Å². The number of hydrazine groups is 1. The minimum Gasteiger partial charge on any atom is -0.398 e. The van der Waals surface area contributed by atoms with Crippen molar-refractivity contribution in [1.29, 1.82) is 0 Å². The minimum absolute atomic E-state index is 0.00412. The maximum absolute atomic E-state index is 5.95. The van der Waals surface area contributed by atoms with Gasteiger partial charge in [0.2, 0.25) is 0 Å². The van der Waals surface area contributed by atoms with Gasteiger partial charge in [-0.05, 0) is 41.7 Å². The molecule has 2 aromatic heterocycles. The molecule has 0 aliphatic heterocycles. The first-order valence-corrected chi connectivity index (χ1v) is 6.33. The van der Waals surface area contributed by atoms with E-state index in [1.165, 1.54) is 5.56 Å². The number of nitrogens with two attached hydrogens (primary N) is 2. The van der Waals surface area contributed by atoms with Gasteiger partial charge in [0.1, 0.15) is 0 Å². The number of nitrogens with one attached hydrogen (secondary N) is 1. The Morgan fingerprint density at radius 1 is 1.16 bits per heavy atom. The molecule has 5 nitrogen and oxygen atoms in total. The van der Waals surface area contributed by atoms with Crippen LogP contribution in [0.3, 0.4) is 0 Å². The Kier molecular flexibility index (Phi) is 4.43. The van der Waals surface area contributed by atoms with E-state index in [4.69, 9.17) is 11.6 Å². The van der Waals surface area contributed by atoms with Crippen LogP contribution in [-0.4, -0.2) is 9.97 Å². The van der Waals surface area contributed by atoms with Crippen molar-refractivity contribution in [3.63, 3.8) is 0 Å². The van der Waals surface area contributed by atoms with Gasteiger partial charge in [-0.15, -0.1) is 0 Å². The number of hydrogen-bond acceptors (Lipinski definition) is 5. The third-order valence-electron chi connectivity index (χ3n) is 3.26. The van der Waals surface area contributed by atoms with E-state index < -0.39 is 0 Å². The molecule has 0 spiro atoms. The lowest BCUT2D eigenvalue weighted by atomic mass is 9.96. The lowest BCUT2D eigenvalue weighted by Crippen LogP contribution is -2.30. The number of nitrogens with zero attached hydrogens (tertiary/aromatic N) is 2. The zero-order chi connectivity index (χ0) is 13.7. The topological polar surface area (TPSA) is 89.8 Å². The van der Waals surface area contributed by atoms with Gasteiger partial charge >= 0.3 is 0 Å². The minimum atomic E-state index is 0.00412. The second-order valence-corrected chi connectivity index (χ2v) is 4.43. The molecule has 0 aliphatic carbocycles. The molecule has 0 aliphatic rings. The van der Waals surface area contributed by atoms with Crippen LogP contribution in [0.2, 0.25) is 0 Å². The van der Waals surface area contributed by atoms with Crippen LogP contribution in [0.4, 0.5) is 5.69 Å². The fourth-order valence-electron chi connectivity index (χ4n) is 2.16. The largest absolute Gasteiger partial charge is 0.398 e. The smallest absolute Gasteiger partial charge is 0.0505 e. The molecule has 2 aromatic rings. The summed E-state index contributed by atoms with van der Waals surface area (Å²) in [6.45, 7) is 2.10. The molecule has 0 saturated carbocycles. The van der Waals surface area contributed by atoms with E-state index >= 15 is 0 Å². The molecule has 0 saturated heterocycles. The second-order valence-electron chi connectivity index (χ2n) is 4.43. The van der Waals surface area contributed by atoms with Gasteiger partial charge < -0.3 is 5.73 Å². The molecule has 5 N–H and O–H groups in total. The normalized spacial score (nSPS) is 12.3. The van der Waals surface area contributed by atoms with E-state index in [2.05, 4.69) is 22.3 Å². The highest BCUT2D eigenvalue weighted by atomic mass is 15.2. The summed E-state index contributed by atoms with van der Waals surface area (Å²) in [6.07, 6.45) is 8.76. The fraction of sp³-hybridized carbons (Fsp3) is 0.286. The van der Waals surface area contributed by atoms with Crippen LogP contribution >= 0.6 is 0 Å². The molecule has 0 radical (unpaired) electrons. The summed E-state index contributed by atoms with van der Waals surface area (Å²) in [5.74, 6) is 5.69.